The van der Waals surface area contributed by atoms with Crippen molar-refractivity contribution in [3.63, 3.8) is 0 Å². The summed E-state index contributed by atoms with van der Waals surface area (Å²) < 4.78 is 32.1. The second-order valence-corrected chi connectivity index (χ2v) is 4.89. The summed E-state index contributed by atoms with van der Waals surface area (Å²) in [5.41, 5.74) is 2.46. The van der Waals surface area contributed by atoms with Gasteiger partial charge in [-0.15, -0.1) is 0 Å². The zero-order chi connectivity index (χ0) is 14.1. The van der Waals surface area contributed by atoms with Gasteiger partial charge in [-0.05, 0) is 42.2 Å². The standard InChI is InChI=1S/C16H15F2NO/c1-20-16-9-10(17)5-7-15(16)19-14-8-6-11-12(14)3-2-4-13(11)18/h2-5,7,9,14,19H,6,8H2,1H3. The van der Waals surface area contributed by atoms with Crippen LogP contribution in [0.4, 0.5) is 14.5 Å². The van der Waals surface area contributed by atoms with Crippen LogP contribution in [0.1, 0.15) is 23.6 Å². The van der Waals surface area contributed by atoms with Gasteiger partial charge in [-0.25, -0.2) is 8.78 Å². The summed E-state index contributed by atoms with van der Waals surface area (Å²) in [7, 11) is 1.50. The van der Waals surface area contributed by atoms with E-state index < -0.39 is 0 Å². The number of ether oxygens (including phenoxy) is 1. The first-order valence-electron chi connectivity index (χ1n) is 6.56. The van der Waals surface area contributed by atoms with Crippen LogP contribution in [0.15, 0.2) is 36.4 Å². The summed E-state index contributed by atoms with van der Waals surface area (Å²) in [6, 6.07) is 9.52. The predicted molar refractivity (Wildman–Crippen MR) is 74.0 cm³/mol. The molecule has 0 amide bonds. The predicted octanol–water partition coefficient (Wildman–Crippen LogP) is 4.07. The molecule has 0 heterocycles. The average molecular weight is 275 g/mol. The van der Waals surface area contributed by atoms with Gasteiger partial charge < -0.3 is 10.1 Å². The van der Waals surface area contributed by atoms with Crippen LogP contribution in [0, 0.1) is 11.6 Å². The molecule has 3 rings (SSSR count). The molecule has 1 unspecified atom stereocenters. The first kappa shape index (κ1) is 12.9. The average Bonchev–Trinajstić information content (AvgIpc) is 2.85. The highest BCUT2D eigenvalue weighted by atomic mass is 19.1. The topological polar surface area (TPSA) is 21.3 Å². The Hall–Kier alpha value is -2.10. The Balaban J connectivity index is 1.89. The van der Waals surface area contributed by atoms with Crippen LogP contribution < -0.4 is 10.1 Å². The summed E-state index contributed by atoms with van der Waals surface area (Å²) in [4.78, 5) is 0. The van der Waals surface area contributed by atoms with Gasteiger partial charge in [0.1, 0.15) is 17.4 Å². The molecular formula is C16H15F2NO. The SMILES string of the molecule is COc1cc(F)ccc1NC1CCc2c(F)cccc21. The van der Waals surface area contributed by atoms with Crippen molar-refractivity contribution in [3.8, 4) is 5.75 Å². The Labute approximate surface area is 116 Å². The fraction of sp³-hybridized carbons (Fsp3) is 0.250. The smallest absolute Gasteiger partial charge is 0.144 e. The maximum atomic E-state index is 13.7. The number of benzene rings is 2. The summed E-state index contributed by atoms with van der Waals surface area (Å²) >= 11 is 0. The first-order valence-corrected chi connectivity index (χ1v) is 6.56. The minimum Gasteiger partial charge on any atom is -0.494 e. The van der Waals surface area contributed by atoms with Crippen LogP contribution >= 0.6 is 0 Å². The number of fused-ring (bicyclic) bond motifs is 1. The number of halogens is 2. The third-order valence-corrected chi connectivity index (χ3v) is 3.71. The van der Waals surface area contributed by atoms with Crippen molar-refractivity contribution in [2.24, 2.45) is 0 Å². The number of hydrogen-bond acceptors (Lipinski definition) is 2. The minimum atomic E-state index is -0.342. The van der Waals surface area contributed by atoms with Crippen molar-refractivity contribution in [2.45, 2.75) is 18.9 Å². The molecule has 2 nitrogen and oxygen atoms in total. The summed E-state index contributed by atoms with van der Waals surface area (Å²) in [6.45, 7) is 0. The van der Waals surface area contributed by atoms with Gasteiger partial charge in [0.05, 0.1) is 18.8 Å². The highest BCUT2D eigenvalue weighted by molar-refractivity contribution is 5.58. The van der Waals surface area contributed by atoms with E-state index in [0.717, 1.165) is 23.2 Å². The Bertz CT molecular complexity index is 642. The summed E-state index contributed by atoms with van der Waals surface area (Å²) in [6.07, 6.45) is 1.53. The van der Waals surface area contributed by atoms with E-state index in [2.05, 4.69) is 5.32 Å². The number of nitrogens with one attached hydrogen (secondary N) is 1. The molecule has 1 N–H and O–H groups in total. The van der Waals surface area contributed by atoms with Crippen LogP contribution in [0.2, 0.25) is 0 Å². The molecule has 0 aromatic heterocycles. The Kier molecular flexibility index (Phi) is 3.30. The maximum Gasteiger partial charge on any atom is 0.144 e. The Morgan fingerprint density at radius 3 is 2.85 bits per heavy atom. The van der Waals surface area contributed by atoms with E-state index in [0.29, 0.717) is 12.2 Å². The van der Waals surface area contributed by atoms with Gasteiger partial charge in [0.2, 0.25) is 0 Å². The number of hydrogen-bond donors (Lipinski definition) is 1. The lowest BCUT2D eigenvalue weighted by molar-refractivity contribution is 0.412. The summed E-state index contributed by atoms with van der Waals surface area (Å²) in [5.74, 6) is -0.0435. The van der Waals surface area contributed by atoms with Gasteiger partial charge in [-0.3, -0.25) is 0 Å². The zero-order valence-electron chi connectivity index (χ0n) is 11.1. The molecule has 0 saturated heterocycles. The number of anilines is 1. The van der Waals surface area contributed by atoms with Gasteiger partial charge in [-0.1, -0.05) is 12.1 Å². The molecule has 2 aromatic rings. The lowest BCUT2D eigenvalue weighted by Gasteiger charge is -2.18. The largest absolute Gasteiger partial charge is 0.494 e. The van der Waals surface area contributed by atoms with Crippen LogP contribution in [0.3, 0.4) is 0 Å². The molecule has 0 saturated carbocycles. The van der Waals surface area contributed by atoms with E-state index in [-0.39, 0.29) is 17.7 Å². The summed E-state index contributed by atoms with van der Waals surface area (Å²) in [5, 5.41) is 3.31. The molecule has 2 aromatic carbocycles. The van der Waals surface area contributed by atoms with Crippen molar-refractivity contribution >= 4 is 5.69 Å². The lowest BCUT2D eigenvalue weighted by atomic mass is 10.1. The van der Waals surface area contributed by atoms with E-state index in [9.17, 15) is 8.78 Å². The van der Waals surface area contributed by atoms with E-state index in [1.54, 1.807) is 12.1 Å². The second kappa shape index (κ2) is 5.12. The minimum absolute atomic E-state index is 0.0278. The molecule has 104 valence electrons. The van der Waals surface area contributed by atoms with E-state index >= 15 is 0 Å². The first-order chi connectivity index (χ1) is 9.69. The normalized spacial score (nSPS) is 16.9. The van der Waals surface area contributed by atoms with Crippen molar-refractivity contribution in [1.82, 2.24) is 0 Å². The molecule has 4 heteroatoms. The third-order valence-electron chi connectivity index (χ3n) is 3.71. The quantitative estimate of drug-likeness (QED) is 0.911. The highest BCUT2D eigenvalue weighted by Crippen LogP contribution is 2.37. The van der Waals surface area contributed by atoms with E-state index in [1.807, 2.05) is 6.07 Å². The van der Waals surface area contributed by atoms with Gasteiger partial charge in [-0.2, -0.15) is 0 Å². The van der Waals surface area contributed by atoms with Crippen molar-refractivity contribution in [2.75, 3.05) is 12.4 Å². The third kappa shape index (κ3) is 2.22. The fourth-order valence-electron chi connectivity index (χ4n) is 2.73. The van der Waals surface area contributed by atoms with Crippen LogP contribution in [0.25, 0.3) is 0 Å². The van der Waals surface area contributed by atoms with Crippen molar-refractivity contribution in [1.29, 1.82) is 0 Å². The molecule has 0 radical (unpaired) electrons. The monoisotopic (exact) mass is 275 g/mol. The molecule has 1 aliphatic carbocycles. The number of rotatable bonds is 3. The fourth-order valence-corrected chi connectivity index (χ4v) is 2.73. The molecule has 0 spiro atoms. The second-order valence-electron chi connectivity index (χ2n) is 4.89. The van der Waals surface area contributed by atoms with Gasteiger partial charge in [0.15, 0.2) is 0 Å². The van der Waals surface area contributed by atoms with Crippen molar-refractivity contribution < 1.29 is 13.5 Å². The lowest BCUT2D eigenvalue weighted by Crippen LogP contribution is -2.08. The van der Waals surface area contributed by atoms with Crippen molar-refractivity contribution in [3.05, 3.63) is 59.2 Å². The van der Waals surface area contributed by atoms with Gasteiger partial charge >= 0.3 is 0 Å². The zero-order valence-corrected chi connectivity index (χ0v) is 11.1. The van der Waals surface area contributed by atoms with E-state index in [4.69, 9.17) is 4.74 Å². The van der Waals surface area contributed by atoms with Crippen LogP contribution in [0.5, 0.6) is 5.75 Å². The molecular weight excluding hydrogens is 260 g/mol. The molecule has 0 bridgehead atoms. The maximum absolute atomic E-state index is 13.7. The molecule has 1 aliphatic rings. The Morgan fingerprint density at radius 1 is 1.20 bits per heavy atom. The van der Waals surface area contributed by atoms with Gasteiger partial charge in [0.25, 0.3) is 0 Å². The molecule has 0 fully saturated rings. The van der Waals surface area contributed by atoms with Gasteiger partial charge in [0, 0.05) is 6.07 Å². The molecule has 0 aliphatic heterocycles. The molecule has 1 atom stereocenters. The van der Waals surface area contributed by atoms with Crippen LogP contribution in [-0.4, -0.2) is 7.11 Å². The Morgan fingerprint density at radius 2 is 2.05 bits per heavy atom. The number of methoxy groups -OCH3 is 1. The van der Waals surface area contributed by atoms with Crippen LogP contribution in [-0.2, 0) is 6.42 Å². The molecule has 20 heavy (non-hydrogen) atoms. The highest BCUT2D eigenvalue weighted by Gasteiger charge is 2.25. The van der Waals surface area contributed by atoms with E-state index in [1.165, 1.54) is 25.3 Å².